The van der Waals surface area contributed by atoms with Crippen molar-refractivity contribution in [1.29, 1.82) is 0 Å². The highest BCUT2D eigenvalue weighted by atomic mass is 35.5. The van der Waals surface area contributed by atoms with Crippen LogP contribution in [0.1, 0.15) is 36.0 Å². The number of carbonyl (C=O) groups excluding carboxylic acids is 1. The Morgan fingerprint density at radius 1 is 1.26 bits per heavy atom. The lowest BCUT2D eigenvalue weighted by atomic mass is 10.0. The highest BCUT2D eigenvalue weighted by Gasteiger charge is 2.35. The summed E-state index contributed by atoms with van der Waals surface area (Å²) in [6.45, 7) is 0. The normalized spacial score (nSPS) is 26.4. The number of ether oxygens (including phenoxy) is 1. The van der Waals surface area contributed by atoms with E-state index < -0.39 is 16.0 Å². The van der Waals surface area contributed by atoms with Crippen molar-refractivity contribution >= 4 is 28.4 Å². The van der Waals surface area contributed by atoms with Gasteiger partial charge in [-0.3, -0.25) is 0 Å². The van der Waals surface area contributed by atoms with Crippen molar-refractivity contribution in [2.45, 2.75) is 48.7 Å². The molecule has 1 aromatic carbocycles. The molecule has 2 aliphatic rings. The van der Waals surface area contributed by atoms with Gasteiger partial charge in [0.2, 0.25) is 10.0 Å². The second kappa shape index (κ2) is 7.17. The third-order valence-electron chi connectivity index (χ3n) is 4.36. The van der Waals surface area contributed by atoms with Gasteiger partial charge in [0.1, 0.15) is 0 Å². The topological polar surface area (TPSA) is 84.5 Å². The van der Waals surface area contributed by atoms with E-state index in [4.69, 9.17) is 0 Å². The highest BCUT2D eigenvalue weighted by Crippen LogP contribution is 2.27. The molecule has 0 aromatic heterocycles. The van der Waals surface area contributed by atoms with Gasteiger partial charge < -0.3 is 10.1 Å². The molecule has 2 bridgehead atoms. The van der Waals surface area contributed by atoms with Crippen LogP contribution >= 0.6 is 12.4 Å². The molecular weight excluding hydrogens is 340 g/mol. The lowest BCUT2D eigenvalue weighted by Gasteiger charge is -2.29. The van der Waals surface area contributed by atoms with E-state index in [-0.39, 0.29) is 28.9 Å². The third-order valence-corrected chi connectivity index (χ3v) is 5.88. The van der Waals surface area contributed by atoms with E-state index in [1.54, 1.807) is 6.07 Å². The SMILES string of the molecule is COC(=O)c1cccc(S(=O)(=O)NC2CC3CCC(C2)N3)c1.Cl. The predicted octanol–water partition coefficient (Wildman–Crippen LogP) is 1.46. The first kappa shape index (κ1) is 18.2. The van der Waals surface area contributed by atoms with Crippen molar-refractivity contribution in [3.63, 3.8) is 0 Å². The number of esters is 1. The quantitative estimate of drug-likeness (QED) is 0.794. The molecule has 1 aromatic rings. The average Bonchev–Trinajstić information content (AvgIpc) is 2.85. The number of halogens is 1. The number of rotatable bonds is 4. The Morgan fingerprint density at radius 2 is 1.91 bits per heavy atom. The molecule has 0 amide bonds. The lowest BCUT2D eigenvalue weighted by Crippen LogP contribution is -2.47. The van der Waals surface area contributed by atoms with E-state index in [0.717, 1.165) is 25.7 Å². The van der Waals surface area contributed by atoms with Gasteiger partial charge in [-0.05, 0) is 43.9 Å². The standard InChI is InChI=1S/C15H20N2O4S.ClH/c1-21-15(18)10-3-2-4-14(7-10)22(19,20)17-13-8-11-5-6-12(9-13)16-11;/h2-4,7,11-13,16-17H,5-6,8-9H2,1H3;1H. The summed E-state index contributed by atoms with van der Waals surface area (Å²) in [6.07, 6.45) is 3.85. The van der Waals surface area contributed by atoms with Crippen molar-refractivity contribution in [2.24, 2.45) is 0 Å². The summed E-state index contributed by atoms with van der Waals surface area (Å²) < 4.78 is 32.4. The monoisotopic (exact) mass is 360 g/mol. The summed E-state index contributed by atoms with van der Waals surface area (Å²) >= 11 is 0. The molecule has 0 radical (unpaired) electrons. The number of nitrogens with one attached hydrogen (secondary N) is 2. The Morgan fingerprint density at radius 3 is 2.52 bits per heavy atom. The van der Waals surface area contributed by atoms with Gasteiger partial charge in [-0.15, -0.1) is 12.4 Å². The number of carbonyl (C=O) groups is 1. The maximum atomic E-state index is 12.5. The summed E-state index contributed by atoms with van der Waals surface area (Å²) in [4.78, 5) is 11.6. The van der Waals surface area contributed by atoms with E-state index in [9.17, 15) is 13.2 Å². The van der Waals surface area contributed by atoms with E-state index in [2.05, 4.69) is 14.8 Å². The molecule has 0 aliphatic carbocycles. The molecule has 0 saturated carbocycles. The maximum absolute atomic E-state index is 12.5. The summed E-state index contributed by atoms with van der Waals surface area (Å²) in [7, 11) is -2.36. The molecule has 2 atom stereocenters. The van der Waals surface area contributed by atoms with Crippen LogP contribution in [0.15, 0.2) is 29.2 Å². The van der Waals surface area contributed by atoms with E-state index in [1.165, 1.54) is 25.3 Å². The van der Waals surface area contributed by atoms with Gasteiger partial charge in [-0.25, -0.2) is 17.9 Å². The molecule has 8 heteroatoms. The molecule has 23 heavy (non-hydrogen) atoms. The first-order chi connectivity index (χ1) is 10.5. The third kappa shape index (κ3) is 4.03. The minimum atomic E-state index is -3.63. The van der Waals surface area contributed by atoms with Gasteiger partial charge in [-0.1, -0.05) is 6.07 Å². The Kier molecular flexibility index (Phi) is 5.67. The van der Waals surface area contributed by atoms with Crippen LogP contribution in [0.3, 0.4) is 0 Å². The Hall–Kier alpha value is -1.15. The number of benzene rings is 1. The maximum Gasteiger partial charge on any atom is 0.337 e. The van der Waals surface area contributed by atoms with Crippen LogP contribution in [-0.4, -0.2) is 39.6 Å². The number of hydrogen-bond acceptors (Lipinski definition) is 5. The molecule has 128 valence electrons. The minimum absolute atomic E-state index is 0. The molecule has 0 spiro atoms. The Balaban J connectivity index is 0.00000192. The van der Waals surface area contributed by atoms with Crippen molar-refractivity contribution in [1.82, 2.24) is 10.0 Å². The first-order valence-electron chi connectivity index (χ1n) is 7.44. The summed E-state index contributed by atoms with van der Waals surface area (Å²) in [5, 5.41) is 3.48. The number of hydrogen-bond donors (Lipinski definition) is 2. The molecule has 2 saturated heterocycles. The summed E-state index contributed by atoms with van der Waals surface area (Å²) in [6, 6.07) is 6.70. The first-order valence-corrected chi connectivity index (χ1v) is 8.93. The second-order valence-electron chi connectivity index (χ2n) is 5.95. The van der Waals surface area contributed by atoms with Gasteiger partial charge in [0, 0.05) is 18.1 Å². The van der Waals surface area contributed by atoms with Crippen LogP contribution in [0.5, 0.6) is 0 Å². The van der Waals surface area contributed by atoms with Crippen molar-refractivity contribution < 1.29 is 17.9 Å². The molecule has 2 aliphatic heterocycles. The summed E-state index contributed by atoms with van der Waals surface area (Å²) in [5.74, 6) is -0.544. The largest absolute Gasteiger partial charge is 0.465 e. The van der Waals surface area contributed by atoms with Crippen molar-refractivity contribution in [2.75, 3.05) is 7.11 Å². The van der Waals surface area contributed by atoms with E-state index in [1.807, 2.05) is 0 Å². The number of sulfonamides is 1. The molecule has 2 N–H and O–H groups in total. The van der Waals surface area contributed by atoms with Gasteiger partial charge >= 0.3 is 5.97 Å². The highest BCUT2D eigenvalue weighted by molar-refractivity contribution is 7.89. The number of fused-ring (bicyclic) bond motifs is 2. The molecular formula is C15H21ClN2O4S. The Labute approximate surface area is 142 Å². The van der Waals surface area contributed by atoms with E-state index in [0.29, 0.717) is 12.1 Å². The lowest BCUT2D eigenvalue weighted by molar-refractivity contribution is 0.0600. The van der Waals surface area contributed by atoms with Gasteiger partial charge in [0.25, 0.3) is 0 Å². The molecule has 3 rings (SSSR count). The molecule has 2 heterocycles. The predicted molar refractivity (Wildman–Crippen MR) is 88.3 cm³/mol. The number of piperidine rings is 1. The fraction of sp³-hybridized carbons (Fsp3) is 0.533. The van der Waals surface area contributed by atoms with Gasteiger partial charge in [0.15, 0.2) is 0 Å². The minimum Gasteiger partial charge on any atom is -0.465 e. The zero-order chi connectivity index (χ0) is 15.7. The smallest absolute Gasteiger partial charge is 0.337 e. The van der Waals surface area contributed by atoms with Gasteiger partial charge in [-0.2, -0.15) is 0 Å². The molecule has 2 fully saturated rings. The average molecular weight is 361 g/mol. The Bertz CT molecular complexity index is 668. The van der Waals surface area contributed by atoms with Crippen LogP contribution in [0.4, 0.5) is 0 Å². The van der Waals surface area contributed by atoms with Crippen LogP contribution in [-0.2, 0) is 14.8 Å². The zero-order valence-electron chi connectivity index (χ0n) is 12.8. The number of methoxy groups -OCH3 is 1. The van der Waals surface area contributed by atoms with Crippen LogP contribution in [0, 0.1) is 0 Å². The summed E-state index contributed by atoms with van der Waals surface area (Å²) in [5.41, 5.74) is 0.232. The van der Waals surface area contributed by atoms with Crippen LogP contribution < -0.4 is 10.0 Å². The fourth-order valence-electron chi connectivity index (χ4n) is 3.35. The van der Waals surface area contributed by atoms with Crippen LogP contribution in [0.2, 0.25) is 0 Å². The van der Waals surface area contributed by atoms with E-state index >= 15 is 0 Å². The molecule has 2 unspecified atom stereocenters. The fourth-order valence-corrected chi connectivity index (χ4v) is 4.66. The van der Waals surface area contributed by atoms with Crippen LogP contribution in [0.25, 0.3) is 0 Å². The van der Waals surface area contributed by atoms with Crippen molar-refractivity contribution in [3.05, 3.63) is 29.8 Å². The van der Waals surface area contributed by atoms with Crippen molar-refractivity contribution in [3.8, 4) is 0 Å². The van der Waals surface area contributed by atoms with Gasteiger partial charge in [0.05, 0.1) is 17.6 Å². The zero-order valence-corrected chi connectivity index (χ0v) is 14.5. The second-order valence-corrected chi connectivity index (χ2v) is 7.66. The molecule has 6 nitrogen and oxygen atoms in total.